The Hall–Kier alpha value is -3.46. The molecular weight excluding hydrogens is 428 g/mol. The summed E-state index contributed by atoms with van der Waals surface area (Å²) < 4.78 is 72.5. The van der Waals surface area contributed by atoms with E-state index in [9.17, 15) is 2.74 Å². The summed E-state index contributed by atoms with van der Waals surface area (Å²) >= 11 is 0. The second-order valence-corrected chi connectivity index (χ2v) is 10.5. The zero-order valence-electron chi connectivity index (χ0n) is 28.7. The summed E-state index contributed by atoms with van der Waals surface area (Å²) in [6.07, 6.45) is -0.659. The van der Waals surface area contributed by atoms with Crippen LogP contribution in [0.1, 0.15) is 73.5 Å². The van der Waals surface area contributed by atoms with Crippen molar-refractivity contribution in [3.8, 4) is 11.3 Å². The quantitative estimate of drug-likeness (QED) is 0.264. The van der Waals surface area contributed by atoms with Crippen LogP contribution in [0.4, 0.5) is 0 Å². The van der Waals surface area contributed by atoms with Gasteiger partial charge in [0.25, 0.3) is 0 Å². The van der Waals surface area contributed by atoms with Crippen molar-refractivity contribution >= 4 is 22.1 Å². The highest BCUT2D eigenvalue weighted by Gasteiger charge is 2.25. The van der Waals surface area contributed by atoms with E-state index in [0.717, 1.165) is 5.56 Å². The summed E-state index contributed by atoms with van der Waals surface area (Å²) in [5.74, 6) is 0. The van der Waals surface area contributed by atoms with Crippen LogP contribution in [0.25, 0.3) is 33.3 Å². The minimum Gasteiger partial charge on any atom is -0.437 e. The molecule has 178 valence electrons. The SMILES string of the molecule is [2H]C([2H])([2H])c1ccc2c(n1)oc1c(-c3cc(C(C)(C)C([2H])([2H])c4ccc(C(C)(C)C)cc4)c(C([2H])([2H])[2H])cn3)cccc12. The van der Waals surface area contributed by atoms with Gasteiger partial charge in [-0.1, -0.05) is 71.0 Å². The Kier molecular flexibility index (Phi) is 3.70. The minimum absolute atomic E-state index is 0.0304. The van der Waals surface area contributed by atoms with Gasteiger partial charge in [-0.2, -0.15) is 0 Å². The molecule has 3 heteroatoms. The number of benzene rings is 2. The van der Waals surface area contributed by atoms with Crippen LogP contribution in [0.15, 0.2) is 71.3 Å². The van der Waals surface area contributed by atoms with Crippen molar-refractivity contribution in [3.63, 3.8) is 0 Å². The molecule has 0 radical (unpaired) electrons. The number of para-hydroxylation sites is 1. The third-order valence-corrected chi connectivity index (χ3v) is 6.43. The second kappa shape index (κ2) is 8.34. The predicted molar refractivity (Wildman–Crippen MR) is 146 cm³/mol. The van der Waals surface area contributed by atoms with Crippen LogP contribution in [0, 0.1) is 13.7 Å². The highest BCUT2D eigenvalue weighted by molar-refractivity contribution is 6.08. The van der Waals surface area contributed by atoms with Crippen LogP contribution >= 0.6 is 0 Å². The number of nitrogens with zero attached hydrogens (tertiary/aromatic N) is 2. The van der Waals surface area contributed by atoms with Gasteiger partial charge in [-0.05, 0) is 77.4 Å². The minimum atomic E-state index is -2.54. The van der Waals surface area contributed by atoms with Crippen molar-refractivity contribution in [1.29, 1.82) is 0 Å². The molecule has 0 bridgehead atoms. The first-order chi connectivity index (χ1) is 19.7. The fraction of sp³-hybridized carbons (Fsp3) is 0.312. The first-order valence-corrected chi connectivity index (χ1v) is 11.7. The number of rotatable bonds is 4. The average Bonchev–Trinajstić information content (AvgIpc) is 3.29. The summed E-state index contributed by atoms with van der Waals surface area (Å²) in [5, 5.41) is 1.34. The maximum atomic E-state index is 9.27. The molecule has 5 rings (SSSR count). The van der Waals surface area contributed by atoms with Crippen molar-refractivity contribution in [2.75, 3.05) is 0 Å². The number of fused-ring (bicyclic) bond motifs is 3. The van der Waals surface area contributed by atoms with Crippen molar-refractivity contribution < 1.29 is 15.4 Å². The van der Waals surface area contributed by atoms with Crippen LogP contribution < -0.4 is 0 Å². The van der Waals surface area contributed by atoms with E-state index in [1.165, 1.54) is 12.3 Å². The maximum absolute atomic E-state index is 9.27. The van der Waals surface area contributed by atoms with Crippen molar-refractivity contribution in [2.45, 2.75) is 65.5 Å². The molecular formula is C32H34N2O. The zero-order valence-corrected chi connectivity index (χ0v) is 20.7. The molecule has 0 N–H and O–H groups in total. The van der Waals surface area contributed by atoms with Gasteiger partial charge in [-0.15, -0.1) is 0 Å². The number of hydrogen-bond donors (Lipinski definition) is 0. The van der Waals surface area contributed by atoms with Gasteiger partial charge in [0.15, 0.2) is 0 Å². The fourth-order valence-electron chi connectivity index (χ4n) is 4.48. The van der Waals surface area contributed by atoms with Gasteiger partial charge in [0, 0.05) is 39.2 Å². The number of hydrogen-bond acceptors (Lipinski definition) is 3. The number of aryl methyl sites for hydroxylation is 2. The first kappa shape index (κ1) is 15.5. The third-order valence-electron chi connectivity index (χ3n) is 6.43. The Balaban J connectivity index is 1.69. The van der Waals surface area contributed by atoms with Gasteiger partial charge in [0.2, 0.25) is 5.71 Å². The van der Waals surface area contributed by atoms with Crippen molar-refractivity contribution in [2.24, 2.45) is 0 Å². The van der Waals surface area contributed by atoms with Gasteiger partial charge in [0.1, 0.15) is 5.58 Å². The standard InChI is InChI=1S/C32H34N2O/c1-20-19-33-28(26-10-8-9-24-25-16-11-21(2)34-30(25)35-29(24)26)17-27(20)32(6,7)18-22-12-14-23(15-13-22)31(3,4)5/h8-17,19H,18H2,1-7H3/i1D3,2D3,18D2. The lowest BCUT2D eigenvalue weighted by atomic mass is 9.76. The largest absolute Gasteiger partial charge is 0.437 e. The smallest absolute Gasteiger partial charge is 0.227 e. The van der Waals surface area contributed by atoms with Gasteiger partial charge < -0.3 is 4.42 Å². The number of aromatic nitrogens is 2. The molecule has 0 fully saturated rings. The zero-order chi connectivity index (χ0) is 31.8. The molecule has 2 aromatic carbocycles. The van der Waals surface area contributed by atoms with E-state index in [4.69, 9.17) is 12.6 Å². The molecule has 0 aliphatic heterocycles. The van der Waals surface area contributed by atoms with Crippen LogP contribution in [-0.2, 0) is 17.2 Å². The van der Waals surface area contributed by atoms with Gasteiger partial charge in [-0.3, -0.25) is 4.98 Å². The second-order valence-electron chi connectivity index (χ2n) is 10.5. The predicted octanol–water partition coefficient (Wildman–Crippen LogP) is 8.48. The number of pyridine rings is 2. The Labute approximate surface area is 219 Å². The van der Waals surface area contributed by atoms with E-state index >= 15 is 0 Å². The molecule has 0 unspecified atom stereocenters. The molecule has 0 aliphatic carbocycles. The van der Waals surface area contributed by atoms with Crippen LogP contribution in [-0.4, -0.2) is 9.97 Å². The normalized spacial score (nSPS) is 17.1. The molecule has 0 saturated heterocycles. The van der Waals surface area contributed by atoms with Crippen molar-refractivity contribution in [1.82, 2.24) is 9.97 Å². The molecule has 35 heavy (non-hydrogen) atoms. The van der Waals surface area contributed by atoms with Crippen molar-refractivity contribution in [3.05, 3.63) is 94.8 Å². The summed E-state index contributed by atoms with van der Waals surface area (Å²) in [4.78, 5) is 8.74. The van der Waals surface area contributed by atoms with Crippen LogP contribution in [0.5, 0.6) is 0 Å². The van der Waals surface area contributed by atoms with E-state index in [-0.39, 0.29) is 22.4 Å². The summed E-state index contributed by atoms with van der Waals surface area (Å²) in [6.45, 7) is 4.76. The molecule has 3 heterocycles. The molecule has 0 atom stereocenters. The highest BCUT2D eigenvalue weighted by atomic mass is 16.3. The molecule has 5 aromatic rings. The summed E-state index contributed by atoms with van der Waals surface area (Å²) in [5.41, 5.74) is 1.85. The molecule has 0 saturated carbocycles. The molecule has 3 nitrogen and oxygen atoms in total. The van der Waals surface area contributed by atoms with E-state index in [1.807, 2.05) is 24.3 Å². The van der Waals surface area contributed by atoms with E-state index in [1.54, 1.807) is 44.2 Å². The lowest BCUT2D eigenvalue weighted by molar-refractivity contribution is 0.518. The third kappa shape index (κ3) is 4.36. The summed E-state index contributed by atoms with van der Waals surface area (Å²) in [6, 6.07) is 17.6. The first-order valence-electron chi connectivity index (χ1n) is 15.7. The molecule has 3 aromatic heterocycles. The Morgan fingerprint density at radius 2 is 1.71 bits per heavy atom. The van der Waals surface area contributed by atoms with Gasteiger partial charge in [-0.25, -0.2) is 4.98 Å². The molecule has 0 amide bonds. The Bertz CT molecular complexity index is 1830. The Morgan fingerprint density at radius 3 is 2.43 bits per heavy atom. The topological polar surface area (TPSA) is 38.9 Å². The van der Waals surface area contributed by atoms with E-state index in [2.05, 4.69) is 30.7 Å². The number of furan rings is 1. The highest BCUT2D eigenvalue weighted by Crippen LogP contribution is 2.37. The lowest BCUT2D eigenvalue weighted by Gasteiger charge is -2.28. The summed E-state index contributed by atoms with van der Waals surface area (Å²) in [7, 11) is 0. The monoisotopic (exact) mass is 470 g/mol. The van der Waals surface area contributed by atoms with Gasteiger partial charge in [0.05, 0.1) is 5.69 Å². The van der Waals surface area contributed by atoms with Crippen LogP contribution in [0.2, 0.25) is 0 Å². The van der Waals surface area contributed by atoms with Gasteiger partial charge >= 0.3 is 0 Å². The fourth-order valence-corrected chi connectivity index (χ4v) is 4.48. The molecule has 0 spiro atoms. The molecule has 0 aliphatic rings. The lowest BCUT2D eigenvalue weighted by Crippen LogP contribution is -2.22. The Morgan fingerprint density at radius 1 is 0.914 bits per heavy atom. The van der Waals surface area contributed by atoms with E-state index in [0.29, 0.717) is 38.7 Å². The average molecular weight is 471 g/mol. The van der Waals surface area contributed by atoms with Crippen LogP contribution in [0.3, 0.4) is 0 Å². The van der Waals surface area contributed by atoms with E-state index < -0.39 is 25.5 Å². The maximum Gasteiger partial charge on any atom is 0.227 e.